The lowest BCUT2D eigenvalue weighted by Crippen LogP contribution is -1.90. The predicted molar refractivity (Wildman–Crippen MR) is 73.9 cm³/mol. The van der Waals surface area contributed by atoms with Crippen LogP contribution in [0.2, 0.25) is 0 Å². The van der Waals surface area contributed by atoms with Crippen LogP contribution in [0.15, 0.2) is 33.2 Å². The second-order valence-corrected chi connectivity index (χ2v) is 5.08. The summed E-state index contributed by atoms with van der Waals surface area (Å²) in [6.07, 6.45) is 1.63. The zero-order valence-corrected chi connectivity index (χ0v) is 11.4. The van der Waals surface area contributed by atoms with Crippen LogP contribution in [-0.4, -0.2) is 16.3 Å². The fraction of sp³-hybridized carbons (Fsp3) is 0.0909. The van der Waals surface area contributed by atoms with Gasteiger partial charge in [0, 0.05) is 15.4 Å². The molecule has 2 aromatic rings. The van der Waals surface area contributed by atoms with E-state index in [0.717, 1.165) is 20.9 Å². The number of phenolic OH excluding ortho intramolecular Hbond substituents is 1. The summed E-state index contributed by atoms with van der Waals surface area (Å²) in [5, 5.41) is 16.1. The second kappa shape index (κ2) is 5.29. The number of aromatic nitrogens is 1. The van der Waals surface area contributed by atoms with Gasteiger partial charge in [-0.15, -0.1) is 11.3 Å². The molecule has 0 amide bonds. The molecular weight excluding hydrogens is 302 g/mol. The van der Waals surface area contributed by atoms with Gasteiger partial charge >= 0.3 is 0 Å². The van der Waals surface area contributed by atoms with Gasteiger partial charge in [0.25, 0.3) is 0 Å². The van der Waals surface area contributed by atoms with E-state index in [2.05, 4.69) is 31.4 Å². The smallest absolute Gasteiger partial charge is 0.203 e. The van der Waals surface area contributed by atoms with Crippen LogP contribution in [0.4, 0.5) is 5.13 Å². The highest BCUT2D eigenvalue weighted by atomic mass is 79.9. The molecule has 0 fully saturated rings. The molecule has 0 radical (unpaired) electrons. The Hall–Kier alpha value is -1.40. The van der Waals surface area contributed by atoms with Gasteiger partial charge in [-0.2, -0.15) is 5.10 Å². The summed E-state index contributed by atoms with van der Waals surface area (Å²) in [6.45, 7) is 1.93. The highest BCUT2D eigenvalue weighted by Crippen LogP contribution is 2.20. The number of aryl methyl sites for hydroxylation is 1. The summed E-state index contributed by atoms with van der Waals surface area (Å²) in [5.41, 5.74) is 4.60. The molecule has 4 nitrogen and oxygen atoms in total. The average molecular weight is 312 g/mol. The first kappa shape index (κ1) is 12.1. The number of thiazole rings is 1. The molecule has 1 heterocycles. The molecule has 0 saturated heterocycles. The van der Waals surface area contributed by atoms with Crippen molar-refractivity contribution in [3.05, 3.63) is 39.3 Å². The monoisotopic (exact) mass is 311 g/mol. The standard InChI is InChI=1S/C11H10BrN3OS/c1-7-6-17-11(14-7)15-13-5-8-4-9(16)2-3-10(8)12/h2-6,16H,1H3,(H,14,15). The Labute approximate surface area is 111 Å². The lowest BCUT2D eigenvalue weighted by Gasteiger charge is -1.99. The molecule has 1 aromatic carbocycles. The van der Waals surface area contributed by atoms with Gasteiger partial charge in [0.15, 0.2) is 0 Å². The number of phenols is 1. The van der Waals surface area contributed by atoms with Gasteiger partial charge in [0.2, 0.25) is 5.13 Å². The van der Waals surface area contributed by atoms with Gasteiger partial charge in [-0.1, -0.05) is 15.9 Å². The molecule has 0 aliphatic rings. The maximum Gasteiger partial charge on any atom is 0.203 e. The minimum atomic E-state index is 0.208. The number of anilines is 1. The number of benzene rings is 1. The molecule has 17 heavy (non-hydrogen) atoms. The molecule has 2 rings (SSSR count). The van der Waals surface area contributed by atoms with Crippen LogP contribution in [0.5, 0.6) is 5.75 Å². The number of hydrazone groups is 1. The minimum absolute atomic E-state index is 0.208. The first-order chi connectivity index (χ1) is 8.15. The van der Waals surface area contributed by atoms with Crippen molar-refractivity contribution in [1.82, 2.24) is 4.98 Å². The van der Waals surface area contributed by atoms with Gasteiger partial charge < -0.3 is 5.11 Å². The predicted octanol–water partition coefficient (Wildman–Crippen LogP) is 3.37. The van der Waals surface area contributed by atoms with E-state index in [1.165, 1.54) is 11.3 Å². The summed E-state index contributed by atoms with van der Waals surface area (Å²) < 4.78 is 0.871. The van der Waals surface area contributed by atoms with E-state index in [0.29, 0.717) is 0 Å². The third-order valence-corrected chi connectivity index (χ3v) is 3.55. The number of nitrogens with zero attached hydrogens (tertiary/aromatic N) is 2. The van der Waals surface area contributed by atoms with Crippen LogP contribution in [0.25, 0.3) is 0 Å². The number of hydrogen-bond donors (Lipinski definition) is 2. The Morgan fingerprint density at radius 2 is 2.35 bits per heavy atom. The molecule has 0 aliphatic carbocycles. The van der Waals surface area contributed by atoms with Gasteiger partial charge in [-0.05, 0) is 25.1 Å². The van der Waals surface area contributed by atoms with Crippen LogP contribution in [-0.2, 0) is 0 Å². The molecule has 1 aromatic heterocycles. The number of hydrogen-bond acceptors (Lipinski definition) is 5. The van der Waals surface area contributed by atoms with Crippen molar-refractivity contribution in [2.45, 2.75) is 6.92 Å². The Kier molecular flexibility index (Phi) is 3.75. The molecule has 0 atom stereocenters. The van der Waals surface area contributed by atoms with E-state index in [4.69, 9.17) is 0 Å². The Morgan fingerprint density at radius 3 is 3.06 bits per heavy atom. The quantitative estimate of drug-likeness (QED) is 0.675. The van der Waals surface area contributed by atoms with E-state index in [9.17, 15) is 5.11 Å². The zero-order chi connectivity index (χ0) is 12.3. The van der Waals surface area contributed by atoms with Crippen LogP contribution in [0, 0.1) is 6.92 Å². The van der Waals surface area contributed by atoms with Crippen molar-refractivity contribution >= 4 is 38.6 Å². The number of nitrogens with one attached hydrogen (secondary N) is 1. The topological polar surface area (TPSA) is 57.5 Å². The average Bonchev–Trinajstić information content (AvgIpc) is 2.69. The van der Waals surface area contributed by atoms with Gasteiger partial charge in [-0.25, -0.2) is 4.98 Å². The first-order valence-electron chi connectivity index (χ1n) is 4.85. The molecule has 88 valence electrons. The van der Waals surface area contributed by atoms with E-state index in [1.807, 2.05) is 12.3 Å². The highest BCUT2D eigenvalue weighted by molar-refractivity contribution is 9.10. The highest BCUT2D eigenvalue weighted by Gasteiger charge is 1.98. The molecule has 0 saturated carbocycles. The minimum Gasteiger partial charge on any atom is -0.508 e. The second-order valence-electron chi connectivity index (χ2n) is 3.37. The summed E-state index contributed by atoms with van der Waals surface area (Å²) in [6, 6.07) is 5.01. The number of aromatic hydroxyl groups is 1. The number of rotatable bonds is 3. The molecular formula is C11H10BrN3OS. The molecule has 0 spiro atoms. The summed E-state index contributed by atoms with van der Waals surface area (Å²) in [4.78, 5) is 4.21. The Balaban J connectivity index is 2.07. The van der Waals surface area contributed by atoms with Crippen LogP contribution in [0.1, 0.15) is 11.3 Å². The fourth-order valence-electron chi connectivity index (χ4n) is 1.19. The summed E-state index contributed by atoms with van der Waals surface area (Å²) in [5.74, 6) is 0.208. The van der Waals surface area contributed by atoms with E-state index in [1.54, 1.807) is 24.4 Å². The Morgan fingerprint density at radius 1 is 1.53 bits per heavy atom. The summed E-state index contributed by atoms with van der Waals surface area (Å²) >= 11 is 4.87. The van der Waals surface area contributed by atoms with Gasteiger partial charge in [0.05, 0.1) is 11.9 Å². The fourth-order valence-corrected chi connectivity index (χ4v) is 2.18. The number of halogens is 1. The van der Waals surface area contributed by atoms with Crippen LogP contribution in [0.3, 0.4) is 0 Å². The summed E-state index contributed by atoms with van der Waals surface area (Å²) in [7, 11) is 0. The lowest BCUT2D eigenvalue weighted by atomic mass is 10.2. The van der Waals surface area contributed by atoms with Crippen molar-refractivity contribution in [3.63, 3.8) is 0 Å². The largest absolute Gasteiger partial charge is 0.508 e. The van der Waals surface area contributed by atoms with E-state index in [-0.39, 0.29) is 5.75 Å². The van der Waals surface area contributed by atoms with Crippen LogP contribution < -0.4 is 5.43 Å². The van der Waals surface area contributed by atoms with Crippen molar-refractivity contribution in [3.8, 4) is 5.75 Å². The first-order valence-corrected chi connectivity index (χ1v) is 6.52. The lowest BCUT2D eigenvalue weighted by molar-refractivity contribution is 0.475. The molecule has 0 aliphatic heterocycles. The third-order valence-electron chi connectivity index (χ3n) is 1.96. The normalized spacial score (nSPS) is 10.9. The zero-order valence-electron chi connectivity index (χ0n) is 9.01. The van der Waals surface area contributed by atoms with E-state index < -0.39 is 0 Å². The van der Waals surface area contributed by atoms with Crippen LogP contribution >= 0.6 is 27.3 Å². The van der Waals surface area contributed by atoms with Gasteiger partial charge in [-0.3, -0.25) is 5.43 Å². The maximum absolute atomic E-state index is 9.34. The SMILES string of the molecule is Cc1csc(NN=Cc2cc(O)ccc2Br)n1. The Bertz CT molecular complexity index is 553. The molecule has 6 heteroatoms. The van der Waals surface area contributed by atoms with E-state index >= 15 is 0 Å². The molecule has 0 bridgehead atoms. The van der Waals surface area contributed by atoms with Crippen molar-refractivity contribution in [2.75, 3.05) is 5.43 Å². The van der Waals surface area contributed by atoms with Gasteiger partial charge in [0.1, 0.15) is 5.75 Å². The van der Waals surface area contributed by atoms with Crippen molar-refractivity contribution in [2.24, 2.45) is 5.10 Å². The molecule has 0 unspecified atom stereocenters. The van der Waals surface area contributed by atoms with Crippen molar-refractivity contribution < 1.29 is 5.11 Å². The maximum atomic E-state index is 9.34. The van der Waals surface area contributed by atoms with Crippen molar-refractivity contribution in [1.29, 1.82) is 0 Å². The third kappa shape index (κ3) is 3.28. The molecule has 2 N–H and O–H groups in total.